The van der Waals surface area contributed by atoms with Gasteiger partial charge in [0.15, 0.2) is 0 Å². The van der Waals surface area contributed by atoms with Crippen LogP contribution in [0.3, 0.4) is 0 Å². The first-order valence-electron chi connectivity index (χ1n) is 8.98. The van der Waals surface area contributed by atoms with E-state index in [0.29, 0.717) is 32.9 Å². The Morgan fingerprint density at radius 3 is 2.70 bits per heavy atom. The molecule has 0 aliphatic rings. The predicted molar refractivity (Wildman–Crippen MR) is 115 cm³/mol. The van der Waals surface area contributed by atoms with Gasteiger partial charge in [-0.2, -0.15) is 8.42 Å². The number of aryl methyl sites for hydroxylation is 3. The van der Waals surface area contributed by atoms with Crippen LogP contribution < -0.4 is 0 Å². The number of aliphatic carboxylic acids is 1. The Morgan fingerprint density at radius 2 is 2.03 bits per heavy atom. The lowest BCUT2D eigenvalue weighted by atomic mass is 10.1. The van der Waals surface area contributed by atoms with Gasteiger partial charge in [0.1, 0.15) is 9.97 Å². The standard InChI is InChI=1S/C20H17ClN2O5S2/c1-11-20(12(2)28-22-11)17-6-8-19(29-17)30(26,27)23-10-13(3-7-18(24)25)15-9-14(21)4-5-16(15)23/h4-6,8-10H,3,7H2,1-2H3,(H,24,25). The molecule has 0 saturated carbocycles. The summed E-state index contributed by atoms with van der Waals surface area (Å²) in [4.78, 5) is 11.8. The summed E-state index contributed by atoms with van der Waals surface area (Å²) >= 11 is 7.23. The van der Waals surface area contributed by atoms with Gasteiger partial charge in [0, 0.05) is 27.9 Å². The van der Waals surface area contributed by atoms with Crippen molar-refractivity contribution in [3.8, 4) is 10.4 Å². The van der Waals surface area contributed by atoms with Gasteiger partial charge in [-0.1, -0.05) is 16.8 Å². The molecule has 7 nitrogen and oxygen atoms in total. The molecule has 0 unspecified atom stereocenters. The molecule has 0 atom stereocenters. The highest BCUT2D eigenvalue weighted by Crippen LogP contribution is 2.37. The van der Waals surface area contributed by atoms with Crippen molar-refractivity contribution >= 4 is 49.8 Å². The lowest BCUT2D eigenvalue weighted by Crippen LogP contribution is -2.10. The van der Waals surface area contributed by atoms with E-state index in [1.165, 1.54) is 10.2 Å². The summed E-state index contributed by atoms with van der Waals surface area (Å²) < 4.78 is 33.4. The van der Waals surface area contributed by atoms with Crippen molar-refractivity contribution in [1.29, 1.82) is 0 Å². The highest BCUT2D eigenvalue weighted by atomic mass is 35.5. The number of aromatic nitrogens is 2. The molecule has 4 aromatic rings. The topological polar surface area (TPSA) is 102 Å². The van der Waals surface area contributed by atoms with Gasteiger partial charge in [-0.05, 0) is 56.2 Å². The van der Waals surface area contributed by atoms with Crippen LogP contribution in [0.2, 0.25) is 5.02 Å². The van der Waals surface area contributed by atoms with Crippen molar-refractivity contribution in [2.24, 2.45) is 0 Å². The number of carboxylic acids is 1. The van der Waals surface area contributed by atoms with E-state index in [1.807, 2.05) is 0 Å². The summed E-state index contributed by atoms with van der Waals surface area (Å²) in [5.74, 6) is -0.335. The van der Waals surface area contributed by atoms with Gasteiger partial charge >= 0.3 is 5.97 Å². The van der Waals surface area contributed by atoms with E-state index in [1.54, 1.807) is 44.2 Å². The second kappa shape index (κ2) is 7.57. The maximum Gasteiger partial charge on any atom is 0.303 e. The van der Waals surface area contributed by atoms with Gasteiger partial charge in [0.05, 0.1) is 16.8 Å². The lowest BCUT2D eigenvalue weighted by molar-refractivity contribution is -0.136. The summed E-state index contributed by atoms with van der Waals surface area (Å²) in [7, 11) is -3.90. The van der Waals surface area contributed by atoms with E-state index >= 15 is 0 Å². The highest BCUT2D eigenvalue weighted by Gasteiger charge is 2.25. The molecule has 0 bridgehead atoms. The minimum Gasteiger partial charge on any atom is -0.481 e. The first kappa shape index (κ1) is 20.6. The van der Waals surface area contributed by atoms with Crippen LogP contribution in [0.25, 0.3) is 21.3 Å². The van der Waals surface area contributed by atoms with Gasteiger partial charge in [-0.3, -0.25) is 4.79 Å². The fourth-order valence-corrected chi connectivity index (χ4v) is 6.51. The lowest BCUT2D eigenvalue weighted by Gasteiger charge is -2.05. The average molecular weight is 465 g/mol. The molecule has 156 valence electrons. The van der Waals surface area contributed by atoms with Crippen LogP contribution in [-0.2, 0) is 21.2 Å². The largest absolute Gasteiger partial charge is 0.481 e. The number of thiophene rings is 1. The van der Waals surface area contributed by atoms with Crippen LogP contribution in [0.1, 0.15) is 23.4 Å². The number of hydrogen-bond acceptors (Lipinski definition) is 6. The maximum atomic E-state index is 13.4. The Kier molecular flexibility index (Phi) is 5.21. The van der Waals surface area contributed by atoms with Gasteiger partial charge < -0.3 is 9.63 Å². The van der Waals surface area contributed by atoms with Crippen LogP contribution in [0.4, 0.5) is 0 Å². The van der Waals surface area contributed by atoms with E-state index in [-0.39, 0.29) is 17.1 Å². The fourth-order valence-electron chi connectivity index (χ4n) is 3.40. The Hall–Kier alpha value is -2.62. The van der Waals surface area contributed by atoms with E-state index < -0.39 is 16.0 Å². The summed E-state index contributed by atoms with van der Waals surface area (Å²) in [5, 5.41) is 14.0. The van der Waals surface area contributed by atoms with Gasteiger partial charge in [0.25, 0.3) is 10.0 Å². The summed E-state index contributed by atoms with van der Waals surface area (Å²) in [5.41, 5.74) is 2.54. The molecule has 3 aromatic heterocycles. The van der Waals surface area contributed by atoms with Crippen molar-refractivity contribution in [2.75, 3.05) is 0 Å². The summed E-state index contributed by atoms with van der Waals surface area (Å²) in [6.07, 6.45) is 1.57. The zero-order chi connectivity index (χ0) is 21.6. The number of carboxylic acid groups (broad SMARTS) is 1. The molecule has 0 aliphatic carbocycles. The third-order valence-corrected chi connectivity index (χ3v) is 8.28. The monoisotopic (exact) mass is 464 g/mol. The van der Waals surface area contributed by atoms with Crippen molar-refractivity contribution in [3.05, 3.63) is 58.6 Å². The van der Waals surface area contributed by atoms with Crippen molar-refractivity contribution in [2.45, 2.75) is 30.9 Å². The molecule has 1 N–H and O–H groups in total. The third kappa shape index (κ3) is 3.53. The minimum atomic E-state index is -3.90. The Balaban J connectivity index is 1.83. The zero-order valence-electron chi connectivity index (χ0n) is 16.0. The van der Waals surface area contributed by atoms with Gasteiger partial charge in [-0.25, -0.2) is 3.97 Å². The van der Waals surface area contributed by atoms with Crippen molar-refractivity contribution in [1.82, 2.24) is 9.13 Å². The van der Waals surface area contributed by atoms with Crippen LogP contribution in [0.5, 0.6) is 0 Å². The molecule has 0 fully saturated rings. The molecule has 0 radical (unpaired) electrons. The van der Waals surface area contributed by atoms with E-state index in [2.05, 4.69) is 5.16 Å². The first-order chi connectivity index (χ1) is 14.2. The highest BCUT2D eigenvalue weighted by molar-refractivity contribution is 7.92. The molecule has 3 heterocycles. The predicted octanol–water partition coefficient (Wildman–Crippen LogP) is 4.88. The fraction of sp³-hybridized carbons (Fsp3) is 0.200. The molecule has 30 heavy (non-hydrogen) atoms. The Labute approximate surface area is 181 Å². The molecule has 0 spiro atoms. The first-order valence-corrected chi connectivity index (χ1v) is 11.6. The van der Waals surface area contributed by atoms with Crippen LogP contribution in [-0.4, -0.2) is 28.6 Å². The maximum absolute atomic E-state index is 13.4. The second-order valence-electron chi connectivity index (χ2n) is 6.83. The van der Waals surface area contributed by atoms with Crippen molar-refractivity contribution < 1.29 is 22.8 Å². The molecule has 0 amide bonds. The van der Waals surface area contributed by atoms with Crippen LogP contribution in [0, 0.1) is 13.8 Å². The number of nitrogens with zero attached hydrogens (tertiary/aromatic N) is 2. The number of benzene rings is 1. The molecular weight excluding hydrogens is 448 g/mol. The third-order valence-electron chi connectivity index (χ3n) is 4.80. The van der Waals surface area contributed by atoms with E-state index in [0.717, 1.165) is 21.8 Å². The van der Waals surface area contributed by atoms with E-state index in [4.69, 9.17) is 21.2 Å². The van der Waals surface area contributed by atoms with Gasteiger partial charge in [-0.15, -0.1) is 11.3 Å². The Morgan fingerprint density at radius 1 is 1.27 bits per heavy atom. The van der Waals surface area contributed by atoms with Crippen molar-refractivity contribution in [3.63, 3.8) is 0 Å². The molecule has 4 rings (SSSR count). The summed E-state index contributed by atoms with van der Waals surface area (Å²) in [6, 6.07) is 8.19. The number of rotatable bonds is 6. The van der Waals surface area contributed by atoms with E-state index in [9.17, 15) is 13.2 Å². The summed E-state index contributed by atoms with van der Waals surface area (Å²) in [6.45, 7) is 3.58. The zero-order valence-corrected chi connectivity index (χ0v) is 18.4. The van der Waals surface area contributed by atoms with Gasteiger partial charge in [0.2, 0.25) is 0 Å². The second-order valence-corrected chi connectivity index (χ2v) is 10.4. The Bertz CT molecular complexity index is 1360. The quantitative estimate of drug-likeness (QED) is 0.436. The molecule has 1 aromatic carbocycles. The van der Waals surface area contributed by atoms with Crippen LogP contribution >= 0.6 is 22.9 Å². The smallest absolute Gasteiger partial charge is 0.303 e. The number of hydrogen-bond donors (Lipinski definition) is 1. The molecule has 0 saturated heterocycles. The average Bonchev–Trinajstić information content (AvgIpc) is 3.38. The normalized spacial score (nSPS) is 12.0. The number of carbonyl (C=O) groups is 1. The molecule has 10 heteroatoms. The molecule has 0 aliphatic heterocycles. The van der Waals surface area contributed by atoms with Crippen LogP contribution in [0.15, 0.2) is 45.3 Å². The minimum absolute atomic E-state index is 0.110. The molecular formula is C20H17ClN2O5S2. The number of halogens is 1. The number of fused-ring (bicyclic) bond motifs is 1. The SMILES string of the molecule is Cc1noc(C)c1-c1ccc(S(=O)(=O)n2cc(CCC(=O)O)c3cc(Cl)ccc32)s1.